The van der Waals surface area contributed by atoms with Crippen LogP contribution in [0.25, 0.3) is 0 Å². The Labute approximate surface area is 170 Å². The summed E-state index contributed by atoms with van der Waals surface area (Å²) in [5.74, 6) is 2.75. The van der Waals surface area contributed by atoms with Crippen LogP contribution in [-0.4, -0.2) is 75.7 Å². The molecule has 2 aromatic heterocycles. The minimum Gasteiger partial charge on any atom is -0.350 e. The molecule has 154 valence electrons. The molecular formula is C19H27N9O. The van der Waals surface area contributed by atoms with Crippen molar-refractivity contribution in [2.75, 3.05) is 50.0 Å². The molecule has 3 heterocycles. The maximum atomic E-state index is 12.1. The van der Waals surface area contributed by atoms with Crippen LogP contribution in [0.1, 0.15) is 36.1 Å². The van der Waals surface area contributed by atoms with Crippen LogP contribution >= 0.6 is 0 Å². The molecule has 0 unspecified atom stereocenters. The van der Waals surface area contributed by atoms with E-state index in [1.165, 1.54) is 12.8 Å². The lowest BCUT2D eigenvalue weighted by Gasteiger charge is -2.32. The zero-order valence-corrected chi connectivity index (χ0v) is 16.9. The molecule has 1 aliphatic heterocycles. The molecule has 10 nitrogen and oxygen atoms in total. The molecule has 2 aromatic rings. The number of hydrogen-bond acceptors (Lipinski definition) is 9. The molecule has 0 atom stereocenters. The van der Waals surface area contributed by atoms with E-state index < -0.39 is 0 Å². The lowest BCUT2D eigenvalue weighted by Crippen LogP contribution is -2.45. The predicted octanol–water partition coefficient (Wildman–Crippen LogP) is 0.859. The highest BCUT2D eigenvalue weighted by molar-refractivity contribution is 5.92. The summed E-state index contributed by atoms with van der Waals surface area (Å²) in [7, 11) is 2.11. The fourth-order valence-corrected chi connectivity index (χ4v) is 3.05. The molecule has 1 saturated heterocycles. The van der Waals surface area contributed by atoms with Crippen LogP contribution in [-0.2, 0) is 6.42 Å². The zero-order valence-electron chi connectivity index (χ0n) is 16.9. The maximum absolute atomic E-state index is 12.1. The lowest BCUT2D eigenvalue weighted by molar-refractivity contribution is 0.0946. The number of aromatic nitrogens is 5. The van der Waals surface area contributed by atoms with E-state index in [1.54, 1.807) is 12.1 Å². The summed E-state index contributed by atoms with van der Waals surface area (Å²) >= 11 is 0. The first-order valence-electron chi connectivity index (χ1n) is 10.2. The van der Waals surface area contributed by atoms with Crippen LogP contribution in [0.15, 0.2) is 12.1 Å². The molecular weight excluding hydrogens is 370 g/mol. The first-order chi connectivity index (χ1) is 14.1. The molecule has 1 aliphatic carbocycles. The fraction of sp³-hybridized carbons (Fsp3) is 0.579. The molecule has 29 heavy (non-hydrogen) atoms. The quantitative estimate of drug-likeness (QED) is 0.702. The number of carbonyl (C=O) groups excluding carboxylic acids is 1. The summed E-state index contributed by atoms with van der Waals surface area (Å²) in [6.07, 6.45) is 3.09. The second kappa shape index (κ2) is 8.64. The van der Waals surface area contributed by atoms with E-state index in [9.17, 15) is 4.79 Å². The summed E-state index contributed by atoms with van der Waals surface area (Å²) < 4.78 is 0. The SMILES string of the molecule is CCc1nc(Nc2ccc(C(=O)NCC3CC3)nn2)nc(N2CCN(C)CC2)n1. The summed E-state index contributed by atoms with van der Waals surface area (Å²) in [5.41, 5.74) is 0.305. The van der Waals surface area contributed by atoms with Gasteiger partial charge in [-0.3, -0.25) is 4.79 Å². The Morgan fingerprint density at radius 3 is 2.55 bits per heavy atom. The van der Waals surface area contributed by atoms with Crippen molar-refractivity contribution in [3.63, 3.8) is 0 Å². The number of nitrogens with one attached hydrogen (secondary N) is 2. The van der Waals surface area contributed by atoms with Crippen molar-refractivity contribution in [1.29, 1.82) is 0 Å². The smallest absolute Gasteiger partial charge is 0.271 e. The highest BCUT2D eigenvalue weighted by Crippen LogP contribution is 2.27. The average molecular weight is 397 g/mol. The monoisotopic (exact) mass is 397 g/mol. The van der Waals surface area contributed by atoms with Crippen LogP contribution in [0, 0.1) is 5.92 Å². The van der Waals surface area contributed by atoms with Gasteiger partial charge >= 0.3 is 0 Å². The standard InChI is InChI=1S/C19H27N9O/c1-3-15-21-18(24-19(23-15)28-10-8-27(2)9-11-28)22-16-7-6-14(25-26-16)17(29)20-12-13-4-5-13/h6-7,13H,3-5,8-12H2,1-2H3,(H,20,29)(H,21,22,23,24,26). The Morgan fingerprint density at radius 2 is 1.90 bits per heavy atom. The first-order valence-corrected chi connectivity index (χ1v) is 10.2. The van der Waals surface area contributed by atoms with Crippen molar-refractivity contribution in [1.82, 2.24) is 35.4 Å². The van der Waals surface area contributed by atoms with Crippen molar-refractivity contribution in [3.05, 3.63) is 23.7 Å². The van der Waals surface area contributed by atoms with Crippen molar-refractivity contribution < 1.29 is 4.79 Å². The van der Waals surface area contributed by atoms with Crippen LogP contribution in [0.3, 0.4) is 0 Å². The first kappa shape index (κ1) is 19.4. The van der Waals surface area contributed by atoms with Crippen LogP contribution in [0.5, 0.6) is 0 Å². The maximum Gasteiger partial charge on any atom is 0.271 e. The number of piperazine rings is 1. The van der Waals surface area contributed by atoms with E-state index in [4.69, 9.17) is 0 Å². The molecule has 0 spiro atoms. The number of likely N-dealkylation sites (N-methyl/N-ethyl adjacent to an activating group) is 1. The van der Waals surface area contributed by atoms with Crippen molar-refractivity contribution in [3.8, 4) is 0 Å². The van der Waals surface area contributed by atoms with Crippen LogP contribution in [0.2, 0.25) is 0 Å². The van der Waals surface area contributed by atoms with Gasteiger partial charge in [0, 0.05) is 39.1 Å². The number of hydrogen-bond donors (Lipinski definition) is 2. The number of nitrogens with zero attached hydrogens (tertiary/aromatic N) is 7. The zero-order chi connectivity index (χ0) is 20.2. The number of anilines is 3. The highest BCUT2D eigenvalue weighted by atomic mass is 16.1. The lowest BCUT2D eigenvalue weighted by atomic mass is 10.3. The van der Waals surface area contributed by atoms with E-state index in [0.29, 0.717) is 42.3 Å². The van der Waals surface area contributed by atoms with E-state index in [1.807, 2.05) is 6.92 Å². The average Bonchev–Trinajstić information content (AvgIpc) is 3.57. The molecule has 0 radical (unpaired) electrons. The van der Waals surface area contributed by atoms with Gasteiger partial charge in [-0.25, -0.2) is 0 Å². The Morgan fingerprint density at radius 1 is 1.10 bits per heavy atom. The summed E-state index contributed by atoms with van der Waals surface area (Å²) in [5, 5.41) is 14.1. The minimum absolute atomic E-state index is 0.193. The van der Waals surface area contributed by atoms with E-state index in [-0.39, 0.29) is 5.91 Å². The third-order valence-corrected chi connectivity index (χ3v) is 5.16. The molecule has 0 aromatic carbocycles. The van der Waals surface area contributed by atoms with Crippen LogP contribution in [0.4, 0.5) is 17.7 Å². The Kier molecular flexibility index (Phi) is 5.79. The Bertz CT molecular complexity index is 845. The van der Waals surface area contributed by atoms with Crippen molar-refractivity contribution >= 4 is 23.6 Å². The van der Waals surface area contributed by atoms with Gasteiger partial charge in [0.25, 0.3) is 5.91 Å². The van der Waals surface area contributed by atoms with Gasteiger partial charge in [-0.1, -0.05) is 6.92 Å². The number of carbonyl (C=O) groups is 1. The molecule has 2 fully saturated rings. The molecule has 1 saturated carbocycles. The second-order valence-corrected chi connectivity index (χ2v) is 7.60. The summed E-state index contributed by atoms with van der Waals surface area (Å²) in [6.45, 7) is 6.44. The van der Waals surface area contributed by atoms with Gasteiger partial charge in [-0.05, 0) is 37.9 Å². The molecule has 2 N–H and O–H groups in total. The van der Waals surface area contributed by atoms with Gasteiger partial charge < -0.3 is 20.4 Å². The topological polar surface area (TPSA) is 112 Å². The molecule has 10 heteroatoms. The van der Waals surface area contributed by atoms with Gasteiger partial charge in [0.15, 0.2) is 11.5 Å². The van der Waals surface area contributed by atoms with Gasteiger partial charge in [-0.2, -0.15) is 15.0 Å². The number of aryl methyl sites for hydroxylation is 1. The van der Waals surface area contributed by atoms with E-state index in [2.05, 4.69) is 52.6 Å². The van der Waals surface area contributed by atoms with Crippen molar-refractivity contribution in [2.45, 2.75) is 26.2 Å². The molecule has 1 amide bonds. The predicted molar refractivity (Wildman–Crippen MR) is 109 cm³/mol. The van der Waals surface area contributed by atoms with Gasteiger partial charge in [0.05, 0.1) is 0 Å². The highest BCUT2D eigenvalue weighted by Gasteiger charge is 2.22. The number of rotatable bonds is 7. The molecule has 0 bridgehead atoms. The largest absolute Gasteiger partial charge is 0.350 e. The summed E-state index contributed by atoms with van der Waals surface area (Å²) in [4.78, 5) is 30.1. The number of amides is 1. The van der Waals surface area contributed by atoms with E-state index >= 15 is 0 Å². The normalized spacial score (nSPS) is 17.2. The third kappa shape index (κ3) is 5.14. The van der Waals surface area contributed by atoms with Gasteiger partial charge in [0.2, 0.25) is 11.9 Å². The van der Waals surface area contributed by atoms with Crippen LogP contribution < -0.4 is 15.5 Å². The third-order valence-electron chi connectivity index (χ3n) is 5.16. The van der Waals surface area contributed by atoms with Crippen molar-refractivity contribution in [2.24, 2.45) is 5.92 Å². The minimum atomic E-state index is -0.193. The van der Waals surface area contributed by atoms with Gasteiger partial charge in [-0.15, -0.1) is 10.2 Å². The van der Waals surface area contributed by atoms with Gasteiger partial charge in [0.1, 0.15) is 5.82 Å². The fourth-order valence-electron chi connectivity index (χ4n) is 3.05. The summed E-state index contributed by atoms with van der Waals surface area (Å²) in [6, 6.07) is 3.37. The van der Waals surface area contributed by atoms with E-state index in [0.717, 1.165) is 32.0 Å². The molecule has 2 aliphatic rings. The Hall–Kier alpha value is -2.88. The molecule has 4 rings (SSSR count). The Balaban J connectivity index is 1.43. The second-order valence-electron chi connectivity index (χ2n) is 7.60.